The standard InChI is InChI=1S/C22H23Cl2N5O2/c1-3-31-22(30)20-21(27-12-11-26-17-10-5-4-9-16(17)25)28-13(2)19(29-20)14-7-6-8-15(23)18(14)24/h4-10,26H,3,11-12,25H2,1-2H3,(H,27,28). The molecule has 0 spiro atoms. The lowest BCUT2D eigenvalue weighted by Gasteiger charge is -2.15. The van der Waals surface area contributed by atoms with Gasteiger partial charge in [0.2, 0.25) is 0 Å². The minimum absolute atomic E-state index is 0.0812. The van der Waals surface area contributed by atoms with E-state index in [-0.39, 0.29) is 12.3 Å². The zero-order chi connectivity index (χ0) is 22.4. The lowest BCUT2D eigenvalue weighted by atomic mass is 10.1. The lowest BCUT2D eigenvalue weighted by Crippen LogP contribution is -2.19. The van der Waals surface area contributed by atoms with Crippen LogP contribution in [-0.4, -0.2) is 35.6 Å². The van der Waals surface area contributed by atoms with Crippen molar-refractivity contribution in [1.29, 1.82) is 0 Å². The number of hydrogen-bond acceptors (Lipinski definition) is 7. The van der Waals surface area contributed by atoms with E-state index in [1.165, 1.54) is 0 Å². The van der Waals surface area contributed by atoms with Crippen LogP contribution in [0, 0.1) is 6.92 Å². The maximum absolute atomic E-state index is 12.6. The van der Waals surface area contributed by atoms with E-state index >= 15 is 0 Å². The van der Waals surface area contributed by atoms with E-state index in [0.29, 0.717) is 51.6 Å². The van der Waals surface area contributed by atoms with Gasteiger partial charge in [-0.15, -0.1) is 0 Å². The summed E-state index contributed by atoms with van der Waals surface area (Å²) < 4.78 is 5.17. The third kappa shape index (κ3) is 5.37. The molecular weight excluding hydrogens is 437 g/mol. The van der Waals surface area contributed by atoms with Gasteiger partial charge in [0, 0.05) is 18.7 Å². The van der Waals surface area contributed by atoms with E-state index in [1.807, 2.05) is 24.3 Å². The highest BCUT2D eigenvalue weighted by Crippen LogP contribution is 2.34. The largest absolute Gasteiger partial charge is 0.461 e. The number of nitrogens with zero attached hydrogens (tertiary/aromatic N) is 2. The van der Waals surface area contributed by atoms with E-state index in [4.69, 9.17) is 33.7 Å². The molecule has 0 unspecified atom stereocenters. The number of hydrogen-bond donors (Lipinski definition) is 3. The van der Waals surface area contributed by atoms with Crippen molar-refractivity contribution < 1.29 is 9.53 Å². The van der Waals surface area contributed by atoms with Crippen molar-refractivity contribution in [3.05, 3.63) is 63.9 Å². The van der Waals surface area contributed by atoms with Crippen molar-refractivity contribution in [1.82, 2.24) is 9.97 Å². The van der Waals surface area contributed by atoms with Crippen LogP contribution in [0.25, 0.3) is 11.3 Å². The highest BCUT2D eigenvalue weighted by atomic mass is 35.5. The van der Waals surface area contributed by atoms with Gasteiger partial charge >= 0.3 is 5.97 Å². The van der Waals surface area contributed by atoms with Crippen LogP contribution >= 0.6 is 23.2 Å². The first-order valence-electron chi connectivity index (χ1n) is 9.74. The summed E-state index contributed by atoms with van der Waals surface area (Å²) >= 11 is 12.5. The molecule has 0 aliphatic rings. The van der Waals surface area contributed by atoms with Crippen LogP contribution in [0.4, 0.5) is 17.2 Å². The number of carbonyl (C=O) groups excluding carboxylic acids is 1. The number of aryl methyl sites for hydroxylation is 1. The number of carbonyl (C=O) groups is 1. The minimum Gasteiger partial charge on any atom is -0.461 e. The third-order valence-electron chi connectivity index (χ3n) is 4.44. The average molecular weight is 460 g/mol. The summed E-state index contributed by atoms with van der Waals surface area (Å²) in [4.78, 5) is 21.6. The lowest BCUT2D eigenvalue weighted by molar-refractivity contribution is 0.0520. The third-order valence-corrected chi connectivity index (χ3v) is 5.26. The normalized spacial score (nSPS) is 10.6. The molecule has 7 nitrogen and oxygen atoms in total. The molecule has 31 heavy (non-hydrogen) atoms. The maximum atomic E-state index is 12.6. The molecule has 0 radical (unpaired) electrons. The Morgan fingerprint density at radius 3 is 2.55 bits per heavy atom. The topological polar surface area (TPSA) is 102 Å². The quantitative estimate of drug-likeness (QED) is 0.246. The predicted octanol–water partition coefficient (Wildman–Crippen LogP) is 5.04. The summed E-state index contributed by atoms with van der Waals surface area (Å²) in [5.74, 6) is -0.238. The van der Waals surface area contributed by atoms with Gasteiger partial charge in [-0.2, -0.15) is 0 Å². The van der Waals surface area contributed by atoms with Gasteiger partial charge in [-0.3, -0.25) is 0 Å². The molecular formula is C22H23Cl2N5O2. The number of benzene rings is 2. The van der Waals surface area contributed by atoms with Crippen LogP contribution in [0.5, 0.6) is 0 Å². The number of anilines is 3. The fraction of sp³-hybridized carbons (Fsp3) is 0.227. The molecule has 4 N–H and O–H groups in total. The summed E-state index contributed by atoms with van der Waals surface area (Å²) in [6.07, 6.45) is 0. The van der Waals surface area contributed by atoms with Crippen LogP contribution in [0.15, 0.2) is 42.5 Å². The zero-order valence-corrected chi connectivity index (χ0v) is 18.7. The molecule has 0 fully saturated rings. The van der Waals surface area contributed by atoms with Crippen LogP contribution in [0.2, 0.25) is 10.0 Å². The smallest absolute Gasteiger partial charge is 0.360 e. The second-order valence-electron chi connectivity index (χ2n) is 6.62. The Morgan fingerprint density at radius 1 is 1.06 bits per heavy atom. The fourth-order valence-corrected chi connectivity index (χ4v) is 3.35. The Labute approximate surface area is 190 Å². The van der Waals surface area contributed by atoms with Gasteiger partial charge in [0.25, 0.3) is 0 Å². The van der Waals surface area contributed by atoms with E-state index in [0.717, 1.165) is 5.69 Å². The monoisotopic (exact) mass is 459 g/mol. The van der Waals surface area contributed by atoms with Gasteiger partial charge in [0.05, 0.1) is 39.4 Å². The van der Waals surface area contributed by atoms with Gasteiger partial charge in [0.1, 0.15) is 0 Å². The van der Waals surface area contributed by atoms with Crippen molar-refractivity contribution in [3.8, 4) is 11.3 Å². The maximum Gasteiger partial charge on any atom is 0.360 e. The summed E-state index contributed by atoms with van der Waals surface area (Å²) in [7, 11) is 0. The van der Waals surface area contributed by atoms with Crippen LogP contribution in [0.3, 0.4) is 0 Å². The SMILES string of the molecule is CCOC(=O)c1nc(-c2cccc(Cl)c2Cl)c(C)nc1NCCNc1ccccc1N. The van der Waals surface area contributed by atoms with Gasteiger partial charge < -0.3 is 21.1 Å². The number of halogens is 2. The molecule has 162 valence electrons. The second kappa shape index (κ2) is 10.3. The number of ether oxygens (including phenoxy) is 1. The number of nitrogens with two attached hydrogens (primary N) is 1. The van der Waals surface area contributed by atoms with Crippen LogP contribution in [0.1, 0.15) is 23.1 Å². The second-order valence-corrected chi connectivity index (χ2v) is 7.40. The van der Waals surface area contributed by atoms with E-state index in [9.17, 15) is 4.79 Å². The van der Waals surface area contributed by atoms with E-state index in [1.54, 1.807) is 32.0 Å². The number of aromatic nitrogens is 2. The number of esters is 1. The van der Waals surface area contributed by atoms with Gasteiger partial charge in [-0.05, 0) is 32.0 Å². The number of nitrogen functional groups attached to an aromatic ring is 1. The highest BCUT2D eigenvalue weighted by molar-refractivity contribution is 6.43. The van der Waals surface area contributed by atoms with Gasteiger partial charge in [-0.1, -0.05) is 47.5 Å². The number of nitrogens with one attached hydrogen (secondary N) is 2. The fourth-order valence-electron chi connectivity index (χ4n) is 2.96. The Morgan fingerprint density at radius 2 is 1.81 bits per heavy atom. The number of para-hydroxylation sites is 2. The minimum atomic E-state index is -0.572. The molecule has 0 saturated heterocycles. The van der Waals surface area contributed by atoms with Crippen molar-refractivity contribution in [2.24, 2.45) is 0 Å². The zero-order valence-electron chi connectivity index (χ0n) is 17.2. The molecule has 0 saturated carbocycles. The summed E-state index contributed by atoms with van der Waals surface area (Å²) in [6.45, 7) is 4.78. The van der Waals surface area contributed by atoms with Crippen molar-refractivity contribution >= 4 is 46.4 Å². The van der Waals surface area contributed by atoms with Crippen molar-refractivity contribution in [3.63, 3.8) is 0 Å². The summed E-state index contributed by atoms with van der Waals surface area (Å²) in [5.41, 5.74) is 9.18. The number of rotatable bonds is 8. The first kappa shape index (κ1) is 22.7. The predicted molar refractivity (Wildman–Crippen MR) is 126 cm³/mol. The molecule has 3 rings (SSSR count). The van der Waals surface area contributed by atoms with Gasteiger partial charge in [-0.25, -0.2) is 14.8 Å². The summed E-state index contributed by atoms with van der Waals surface area (Å²) in [5, 5.41) is 7.13. The summed E-state index contributed by atoms with van der Waals surface area (Å²) in [6, 6.07) is 12.7. The Balaban J connectivity index is 1.85. The first-order valence-corrected chi connectivity index (χ1v) is 10.5. The molecule has 0 aliphatic carbocycles. The highest BCUT2D eigenvalue weighted by Gasteiger charge is 2.21. The Kier molecular flexibility index (Phi) is 7.55. The van der Waals surface area contributed by atoms with Crippen molar-refractivity contribution in [2.75, 3.05) is 36.1 Å². The molecule has 1 aromatic heterocycles. The first-order chi connectivity index (χ1) is 14.9. The molecule has 3 aromatic rings. The molecule has 0 bridgehead atoms. The van der Waals surface area contributed by atoms with E-state index < -0.39 is 5.97 Å². The molecule has 0 aliphatic heterocycles. The molecule has 9 heteroatoms. The van der Waals surface area contributed by atoms with Crippen LogP contribution < -0.4 is 16.4 Å². The molecule has 1 heterocycles. The van der Waals surface area contributed by atoms with Gasteiger partial charge in [0.15, 0.2) is 11.5 Å². The molecule has 0 amide bonds. The molecule has 0 atom stereocenters. The Hall–Kier alpha value is -3.03. The van der Waals surface area contributed by atoms with E-state index in [2.05, 4.69) is 20.6 Å². The molecule has 2 aromatic carbocycles. The van der Waals surface area contributed by atoms with Crippen LogP contribution in [-0.2, 0) is 4.74 Å². The Bertz CT molecular complexity index is 1090. The van der Waals surface area contributed by atoms with Crippen molar-refractivity contribution in [2.45, 2.75) is 13.8 Å². The average Bonchev–Trinajstić information content (AvgIpc) is 2.75.